The van der Waals surface area contributed by atoms with Gasteiger partial charge in [-0.3, -0.25) is 4.79 Å². The molecule has 178 valence electrons. The quantitative estimate of drug-likeness (QED) is 0.596. The fourth-order valence-electron chi connectivity index (χ4n) is 4.89. The molecule has 0 unspecified atom stereocenters. The molecule has 2 heterocycles. The van der Waals surface area contributed by atoms with Crippen molar-refractivity contribution in [3.05, 3.63) is 70.5 Å². The molecule has 2 aliphatic heterocycles. The van der Waals surface area contributed by atoms with Gasteiger partial charge in [-0.25, -0.2) is 17.1 Å². The first-order valence-corrected chi connectivity index (χ1v) is 13.6. The molecular formula is C25H30ClFN2O3S. The number of hydrogen-bond donors (Lipinski definition) is 0. The Morgan fingerprint density at radius 2 is 1.61 bits per heavy atom. The highest BCUT2D eigenvalue weighted by Crippen LogP contribution is 2.28. The Morgan fingerprint density at radius 1 is 0.939 bits per heavy atom. The number of carbonyl (C=O) groups excluding carboxylic acids is 1. The number of carbonyl (C=O) groups is 1. The molecule has 5 nitrogen and oxygen atoms in total. The van der Waals surface area contributed by atoms with E-state index in [0.717, 1.165) is 32.4 Å². The van der Waals surface area contributed by atoms with E-state index in [9.17, 15) is 17.6 Å². The summed E-state index contributed by atoms with van der Waals surface area (Å²) in [6, 6.07) is 14.6. The first kappa shape index (κ1) is 24.2. The lowest BCUT2D eigenvalue weighted by Gasteiger charge is -2.37. The SMILES string of the molecule is O=C(C1CCN(S(=O)(=O)Cc2c(F)cccc2Cl)CC1)N1CCC(Cc2ccccc2)CC1. The number of amides is 1. The summed E-state index contributed by atoms with van der Waals surface area (Å²) in [6.07, 6.45) is 4.03. The van der Waals surface area contributed by atoms with Crippen LogP contribution in [-0.4, -0.2) is 49.7 Å². The van der Waals surface area contributed by atoms with Gasteiger partial charge in [0, 0.05) is 42.7 Å². The molecule has 2 aromatic carbocycles. The molecule has 2 aromatic rings. The molecule has 2 saturated heterocycles. The predicted molar refractivity (Wildman–Crippen MR) is 128 cm³/mol. The van der Waals surface area contributed by atoms with E-state index in [1.54, 1.807) is 0 Å². The zero-order valence-electron chi connectivity index (χ0n) is 18.6. The Labute approximate surface area is 200 Å². The van der Waals surface area contributed by atoms with Gasteiger partial charge in [-0.1, -0.05) is 48.0 Å². The zero-order chi connectivity index (χ0) is 23.4. The fraction of sp³-hybridized carbons (Fsp3) is 0.480. The molecule has 2 fully saturated rings. The summed E-state index contributed by atoms with van der Waals surface area (Å²) in [4.78, 5) is 15.0. The van der Waals surface area contributed by atoms with Crippen molar-refractivity contribution in [2.24, 2.45) is 11.8 Å². The van der Waals surface area contributed by atoms with Crippen molar-refractivity contribution >= 4 is 27.5 Å². The lowest BCUT2D eigenvalue weighted by Crippen LogP contribution is -2.46. The summed E-state index contributed by atoms with van der Waals surface area (Å²) in [6.45, 7) is 2.08. The van der Waals surface area contributed by atoms with Crippen molar-refractivity contribution in [2.45, 2.75) is 37.9 Å². The van der Waals surface area contributed by atoms with Crippen LogP contribution in [-0.2, 0) is 27.0 Å². The summed E-state index contributed by atoms with van der Waals surface area (Å²) in [5.41, 5.74) is 1.34. The van der Waals surface area contributed by atoms with Crippen molar-refractivity contribution in [2.75, 3.05) is 26.2 Å². The minimum atomic E-state index is -3.71. The number of halogens is 2. The second-order valence-corrected chi connectivity index (χ2v) is 11.5. The van der Waals surface area contributed by atoms with Crippen molar-refractivity contribution in [3.63, 3.8) is 0 Å². The van der Waals surface area contributed by atoms with Gasteiger partial charge < -0.3 is 4.90 Å². The van der Waals surface area contributed by atoms with E-state index in [0.29, 0.717) is 18.8 Å². The Hall–Kier alpha value is -1.96. The Morgan fingerprint density at radius 3 is 2.24 bits per heavy atom. The van der Waals surface area contributed by atoms with Crippen LogP contribution in [0.3, 0.4) is 0 Å². The topological polar surface area (TPSA) is 57.7 Å². The summed E-state index contributed by atoms with van der Waals surface area (Å²) < 4.78 is 41.1. The standard InChI is InChI=1S/C25H30ClFN2O3S/c26-23-7-4-8-24(27)22(23)18-33(31,32)29-15-11-21(12-16-29)25(30)28-13-9-20(10-14-28)17-19-5-2-1-3-6-19/h1-8,20-21H,9-18H2. The van der Waals surface area contributed by atoms with Gasteiger partial charge >= 0.3 is 0 Å². The molecule has 0 saturated carbocycles. The average Bonchev–Trinajstić information content (AvgIpc) is 2.82. The van der Waals surface area contributed by atoms with E-state index in [-0.39, 0.29) is 35.5 Å². The van der Waals surface area contributed by atoms with Crippen LogP contribution in [0.1, 0.15) is 36.8 Å². The first-order valence-electron chi connectivity index (χ1n) is 11.6. The molecule has 2 aliphatic rings. The minimum Gasteiger partial charge on any atom is -0.342 e. The molecule has 0 radical (unpaired) electrons. The number of piperidine rings is 2. The highest BCUT2D eigenvalue weighted by Gasteiger charge is 2.34. The molecule has 0 bridgehead atoms. The van der Waals surface area contributed by atoms with Gasteiger partial charge in [0.05, 0.1) is 5.75 Å². The van der Waals surface area contributed by atoms with Crippen LogP contribution in [0, 0.1) is 17.7 Å². The van der Waals surface area contributed by atoms with Gasteiger partial charge in [-0.05, 0) is 55.7 Å². The molecule has 1 amide bonds. The molecular weight excluding hydrogens is 463 g/mol. The number of likely N-dealkylation sites (tertiary alicyclic amines) is 1. The van der Waals surface area contributed by atoms with Gasteiger partial charge in [0.2, 0.25) is 15.9 Å². The molecule has 33 heavy (non-hydrogen) atoms. The van der Waals surface area contributed by atoms with Crippen LogP contribution in [0.4, 0.5) is 4.39 Å². The monoisotopic (exact) mass is 492 g/mol. The van der Waals surface area contributed by atoms with Crippen LogP contribution in [0.2, 0.25) is 5.02 Å². The Kier molecular flexibility index (Phi) is 7.72. The maximum Gasteiger partial charge on any atom is 0.225 e. The number of rotatable bonds is 6. The lowest BCUT2D eigenvalue weighted by molar-refractivity contribution is -0.138. The van der Waals surface area contributed by atoms with Crippen molar-refractivity contribution in [1.82, 2.24) is 9.21 Å². The summed E-state index contributed by atoms with van der Waals surface area (Å²) in [5.74, 6) is -0.506. The smallest absolute Gasteiger partial charge is 0.225 e. The summed E-state index contributed by atoms with van der Waals surface area (Å²) in [7, 11) is -3.71. The number of nitrogens with zero attached hydrogens (tertiary/aromatic N) is 2. The third-order valence-electron chi connectivity index (χ3n) is 6.88. The van der Waals surface area contributed by atoms with Gasteiger partial charge in [0.1, 0.15) is 5.82 Å². The number of benzene rings is 2. The average molecular weight is 493 g/mol. The molecule has 0 N–H and O–H groups in total. The number of sulfonamides is 1. The van der Waals surface area contributed by atoms with Gasteiger partial charge in [-0.15, -0.1) is 0 Å². The van der Waals surface area contributed by atoms with E-state index in [1.807, 2.05) is 11.0 Å². The second kappa shape index (κ2) is 10.5. The van der Waals surface area contributed by atoms with Crippen molar-refractivity contribution in [1.29, 1.82) is 0 Å². The zero-order valence-corrected chi connectivity index (χ0v) is 20.2. The van der Waals surface area contributed by atoms with Crippen molar-refractivity contribution in [3.8, 4) is 0 Å². The molecule has 0 aromatic heterocycles. The van der Waals surface area contributed by atoms with Crippen LogP contribution in [0.5, 0.6) is 0 Å². The van der Waals surface area contributed by atoms with Crippen molar-refractivity contribution < 1.29 is 17.6 Å². The van der Waals surface area contributed by atoms with Gasteiger partial charge in [0.25, 0.3) is 0 Å². The predicted octanol–water partition coefficient (Wildman–Crippen LogP) is 4.50. The van der Waals surface area contributed by atoms with E-state index < -0.39 is 21.6 Å². The van der Waals surface area contributed by atoms with E-state index >= 15 is 0 Å². The normalized spacial score (nSPS) is 19.0. The van der Waals surface area contributed by atoms with Crippen LogP contribution < -0.4 is 0 Å². The lowest BCUT2D eigenvalue weighted by atomic mass is 9.89. The van der Waals surface area contributed by atoms with E-state index in [2.05, 4.69) is 24.3 Å². The maximum absolute atomic E-state index is 14.1. The van der Waals surface area contributed by atoms with Crippen LogP contribution in [0.15, 0.2) is 48.5 Å². The molecule has 0 aliphatic carbocycles. The van der Waals surface area contributed by atoms with Gasteiger partial charge in [0.15, 0.2) is 0 Å². The largest absolute Gasteiger partial charge is 0.342 e. The van der Waals surface area contributed by atoms with Crippen LogP contribution in [0.25, 0.3) is 0 Å². The van der Waals surface area contributed by atoms with Crippen LogP contribution >= 0.6 is 11.6 Å². The Balaban J connectivity index is 1.27. The molecule has 8 heteroatoms. The molecule has 0 spiro atoms. The highest BCUT2D eigenvalue weighted by molar-refractivity contribution is 7.88. The third-order valence-corrected chi connectivity index (χ3v) is 9.04. The minimum absolute atomic E-state index is 0.00394. The number of hydrogen-bond acceptors (Lipinski definition) is 3. The van der Waals surface area contributed by atoms with E-state index in [4.69, 9.17) is 11.6 Å². The second-order valence-electron chi connectivity index (χ2n) is 9.09. The summed E-state index contributed by atoms with van der Waals surface area (Å²) >= 11 is 6.01. The highest BCUT2D eigenvalue weighted by atomic mass is 35.5. The Bertz CT molecular complexity index is 1040. The van der Waals surface area contributed by atoms with E-state index in [1.165, 1.54) is 28.1 Å². The summed E-state index contributed by atoms with van der Waals surface area (Å²) in [5, 5.41) is 0.110. The van der Waals surface area contributed by atoms with Gasteiger partial charge in [-0.2, -0.15) is 0 Å². The molecule has 0 atom stereocenters. The fourth-order valence-corrected chi connectivity index (χ4v) is 6.80. The molecule has 4 rings (SSSR count). The maximum atomic E-state index is 14.1. The first-order chi connectivity index (χ1) is 15.8. The third kappa shape index (κ3) is 5.94.